The average Bonchev–Trinajstić information content (AvgIpc) is 2.50. The number of hydrogen-bond acceptors (Lipinski definition) is 4. The molecular weight excluding hydrogens is 371 g/mol. The summed E-state index contributed by atoms with van der Waals surface area (Å²) in [6.45, 7) is 1.69. The van der Waals surface area contributed by atoms with E-state index in [9.17, 15) is 13.6 Å². The number of amides is 1. The van der Waals surface area contributed by atoms with E-state index in [-0.39, 0.29) is 21.5 Å². The molecule has 0 fully saturated rings. The number of aromatic nitrogens is 1. The summed E-state index contributed by atoms with van der Waals surface area (Å²) in [6.07, 6.45) is 1.36. The highest BCUT2D eigenvalue weighted by Gasteiger charge is 2.22. The Hall–Kier alpha value is -2.00. The minimum atomic E-state index is -1.22. The van der Waals surface area contributed by atoms with E-state index in [1.807, 2.05) is 0 Å². The Morgan fingerprint density at radius 3 is 2.65 bits per heavy atom. The standard InChI is InChI=1S/C14H11BBrF2N3O2/c1-6-3-7(15)5-19-13(6)20-12-8(14(22)21-23-2)4-9(16)10(17)11(12)18/h3-5H,1-2H3,(H,19,20)(H,21,22). The zero-order valence-electron chi connectivity index (χ0n) is 12.2. The topological polar surface area (TPSA) is 63.2 Å². The number of nitrogens with one attached hydrogen (secondary N) is 2. The number of nitrogens with zero attached hydrogens (tertiary/aromatic N) is 1. The highest BCUT2D eigenvalue weighted by molar-refractivity contribution is 9.10. The molecule has 118 valence electrons. The maximum Gasteiger partial charge on any atom is 0.277 e. The summed E-state index contributed by atoms with van der Waals surface area (Å²) in [7, 11) is 6.83. The van der Waals surface area contributed by atoms with Crippen LogP contribution in [0.5, 0.6) is 0 Å². The van der Waals surface area contributed by atoms with E-state index < -0.39 is 17.5 Å². The van der Waals surface area contributed by atoms with Gasteiger partial charge in [0.05, 0.1) is 22.8 Å². The van der Waals surface area contributed by atoms with Crippen molar-refractivity contribution >= 4 is 46.7 Å². The first-order chi connectivity index (χ1) is 10.8. The minimum absolute atomic E-state index is 0.157. The quantitative estimate of drug-likeness (QED) is 0.484. The third-order valence-electron chi connectivity index (χ3n) is 2.94. The lowest BCUT2D eigenvalue weighted by atomic mass is 9.97. The zero-order valence-corrected chi connectivity index (χ0v) is 13.8. The molecule has 1 aromatic carbocycles. The van der Waals surface area contributed by atoms with Gasteiger partial charge in [0.15, 0.2) is 11.6 Å². The van der Waals surface area contributed by atoms with Crippen molar-refractivity contribution in [3.63, 3.8) is 0 Å². The van der Waals surface area contributed by atoms with Crippen molar-refractivity contribution in [2.45, 2.75) is 6.92 Å². The summed E-state index contributed by atoms with van der Waals surface area (Å²) in [5.74, 6) is -2.86. The number of carbonyl (C=O) groups is 1. The Bertz CT molecular complexity index is 774. The van der Waals surface area contributed by atoms with Crippen molar-refractivity contribution in [2.75, 3.05) is 12.4 Å². The number of anilines is 2. The molecule has 0 saturated carbocycles. The molecule has 2 N–H and O–H groups in total. The highest BCUT2D eigenvalue weighted by Crippen LogP contribution is 2.31. The van der Waals surface area contributed by atoms with Gasteiger partial charge in [0.25, 0.3) is 5.91 Å². The number of carbonyl (C=O) groups excluding carboxylic acids is 1. The molecule has 0 unspecified atom stereocenters. The summed E-state index contributed by atoms with van der Waals surface area (Å²) in [5.41, 5.74) is 2.57. The van der Waals surface area contributed by atoms with Gasteiger partial charge in [-0.3, -0.25) is 9.63 Å². The van der Waals surface area contributed by atoms with Crippen LogP contribution in [0, 0.1) is 18.6 Å². The van der Waals surface area contributed by atoms with E-state index in [0.29, 0.717) is 11.0 Å². The van der Waals surface area contributed by atoms with Gasteiger partial charge in [-0.05, 0) is 34.5 Å². The van der Waals surface area contributed by atoms with Crippen LogP contribution < -0.4 is 16.3 Å². The average molecular weight is 382 g/mol. The van der Waals surface area contributed by atoms with Gasteiger partial charge in [0.1, 0.15) is 13.7 Å². The van der Waals surface area contributed by atoms with Gasteiger partial charge in [-0.2, -0.15) is 0 Å². The number of benzene rings is 1. The molecular formula is C14H11BBrF2N3O2. The molecule has 2 rings (SSSR count). The van der Waals surface area contributed by atoms with Crippen LogP contribution in [0.25, 0.3) is 0 Å². The second kappa shape index (κ2) is 7.05. The summed E-state index contributed by atoms with van der Waals surface area (Å²) >= 11 is 2.86. The van der Waals surface area contributed by atoms with Crippen molar-refractivity contribution in [2.24, 2.45) is 0 Å². The van der Waals surface area contributed by atoms with Crippen molar-refractivity contribution < 1.29 is 18.4 Å². The number of hydroxylamine groups is 1. The largest absolute Gasteiger partial charge is 0.337 e. The first-order valence-electron chi connectivity index (χ1n) is 6.35. The second-order valence-electron chi connectivity index (χ2n) is 4.60. The third kappa shape index (κ3) is 3.68. The van der Waals surface area contributed by atoms with E-state index in [1.54, 1.807) is 13.0 Å². The lowest BCUT2D eigenvalue weighted by molar-refractivity contribution is 0.0538. The molecule has 1 aromatic heterocycles. The molecule has 0 spiro atoms. The summed E-state index contributed by atoms with van der Waals surface area (Å²) in [5, 5.41) is 2.62. The van der Waals surface area contributed by atoms with Gasteiger partial charge >= 0.3 is 0 Å². The number of hydrogen-bond donors (Lipinski definition) is 2. The molecule has 2 radical (unpaired) electrons. The molecule has 23 heavy (non-hydrogen) atoms. The van der Waals surface area contributed by atoms with Gasteiger partial charge in [0.2, 0.25) is 0 Å². The van der Waals surface area contributed by atoms with Gasteiger partial charge in [-0.15, -0.1) is 0 Å². The van der Waals surface area contributed by atoms with Crippen molar-refractivity contribution in [3.05, 3.63) is 45.6 Å². The SMILES string of the molecule is [B]c1cnc(Nc2c(C(=O)NOC)cc(Br)c(F)c2F)c(C)c1. The Balaban J connectivity index is 2.55. The maximum atomic E-state index is 14.3. The Kier molecular flexibility index (Phi) is 5.32. The molecule has 0 atom stereocenters. The summed E-state index contributed by atoms with van der Waals surface area (Å²) in [4.78, 5) is 20.5. The summed E-state index contributed by atoms with van der Waals surface area (Å²) < 4.78 is 27.9. The Morgan fingerprint density at radius 1 is 1.35 bits per heavy atom. The molecule has 0 aliphatic rings. The molecule has 2 aromatic rings. The summed E-state index contributed by atoms with van der Waals surface area (Å²) in [6, 6.07) is 2.75. The molecule has 9 heteroatoms. The molecule has 5 nitrogen and oxygen atoms in total. The predicted molar refractivity (Wildman–Crippen MR) is 86.2 cm³/mol. The van der Waals surface area contributed by atoms with Gasteiger partial charge in [-0.25, -0.2) is 19.2 Å². The van der Waals surface area contributed by atoms with Crippen LogP contribution in [0.1, 0.15) is 15.9 Å². The number of halogens is 3. The third-order valence-corrected chi connectivity index (χ3v) is 3.52. The van der Waals surface area contributed by atoms with Crippen LogP contribution in [0.2, 0.25) is 0 Å². The van der Waals surface area contributed by atoms with Crippen molar-refractivity contribution in [3.8, 4) is 0 Å². The lowest BCUT2D eigenvalue weighted by Gasteiger charge is -2.15. The van der Waals surface area contributed by atoms with Gasteiger partial charge in [-0.1, -0.05) is 11.5 Å². The van der Waals surface area contributed by atoms with E-state index in [1.165, 1.54) is 13.3 Å². The lowest BCUT2D eigenvalue weighted by Crippen LogP contribution is -2.23. The predicted octanol–water partition coefficient (Wildman–Crippen LogP) is 2.26. The fourth-order valence-electron chi connectivity index (χ4n) is 1.89. The monoisotopic (exact) mass is 381 g/mol. The van der Waals surface area contributed by atoms with Crippen LogP contribution in [0.15, 0.2) is 22.8 Å². The smallest absolute Gasteiger partial charge is 0.277 e. The fourth-order valence-corrected chi connectivity index (χ4v) is 2.29. The fraction of sp³-hybridized carbons (Fsp3) is 0.143. The molecule has 0 aliphatic carbocycles. The van der Waals surface area contributed by atoms with E-state index in [4.69, 9.17) is 7.85 Å². The molecule has 0 bridgehead atoms. The Morgan fingerprint density at radius 2 is 2.04 bits per heavy atom. The number of rotatable bonds is 4. The van der Waals surface area contributed by atoms with Crippen LogP contribution in [0.3, 0.4) is 0 Å². The number of pyridine rings is 1. The Labute approximate surface area is 140 Å². The van der Waals surface area contributed by atoms with Crippen LogP contribution in [0.4, 0.5) is 20.3 Å². The molecule has 1 amide bonds. The van der Waals surface area contributed by atoms with Crippen molar-refractivity contribution in [1.29, 1.82) is 0 Å². The zero-order chi connectivity index (χ0) is 17.1. The van der Waals surface area contributed by atoms with Crippen molar-refractivity contribution in [1.82, 2.24) is 10.5 Å². The van der Waals surface area contributed by atoms with Gasteiger partial charge in [0, 0.05) is 6.20 Å². The minimum Gasteiger partial charge on any atom is -0.337 e. The second-order valence-corrected chi connectivity index (χ2v) is 5.46. The van der Waals surface area contributed by atoms with E-state index >= 15 is 0 Å². The van der Waals surface area contributed by atoms with Crippen LogP contribution >= 0.6 is 15.9 Å². The van der Waals surface area contributed by atoms with E-state index in [0.717, 1.165) is 6.07 Å². The normalized spacial score (nSPS) is 10.5. The molecule has 1 heterocycles. The molecule has 0 aliphatic heterocycles. The van der Waals surface area contributed by atoms with Crippen LogP contribution in [-0.2, 0) is 4.84 Å². The molecule has 0 saturated heterocycles. The number of aryl methyl sites for hydroxylation is 1. The van der Waals surface area contributed by atoms with Crippen LogP contribution in [-0.4, -0.2) is 25.8 Å². The van der Waals surface area contributed by atoms with E-state index in [2.05, 4.69) is 36.5 Å². The first kappa shape index (κ1) is 17.4. The van der Waals surface area contributed by atoms with Gasteiger partial charge < -0.3 is 5.32 Å². The first-order valence-corrected chi connectivity index (χ1v) is 7.14. The maximum absolute atomic E-state index is 14.3. The highest BCUT2D eigenvalue weighted by atomic mass is 79.9.